The van der Waals surface area contributed by atoms with Crippen LogP contribution < -0.4 is 10.5 Å². The Morgan fingerprint density at radius 3 is 2.47 bits per heavy atom. The van der Waals surface area contributed by atoms with Crippen molar-refractivity contribution in [3.05, 3.63) is 5.69 Å². The number of nitrogens with two attached hydrogens (primary N) is 1. The molecule has 7 nitrogen and oxygen atoms in total. The second-order valence-electron chi connectivity index (χ2n) is 5.06. The van der Waals surface area contributed by atoms with Gasteiger partial charge in [0.1, 0.15) is 4.90 Å². The molecular weight excluding hydrogens is 268 g/mol. The zero-order valence-electron chi connectivity index (χ0n) is 11.7. The van der Waals surface area contributed by atoms with Crippen LogP contribution in [-0.4, -0.2) is 36.0 Å². The monoisotopic (exact) mass is 290 g/mol. The van der Waals surface area contributed by atoms with E-state index in [9.17, 15) is 13.5 Å². The fourth-order valence-electron chi connectivity index (χ4n) is 1.85. The van der Waals surface area contributed by atoms with Crippen LogP contribution in [0.2, 0.25) is 0 Å². The van der Waals surface area contributed by atoms with Crippen LogP contribution in [0.5, 0.6) is 0 Å². The van der Waals surface area contributed by atoms with Crippen LogP contribution in [0, 0.1) is 12.8 Å². The van der Waals surface area contributed by atoms with Crippen molar-refractivity contribution in [2.75, 3.05) is 12.3 Å². The van der Waals surface area contributed by atoms with Crippen LogP contribution in [-0.2, 0) is 17.1 Å². The van der Waals surface area contributed by atoms with Gasteiger partial charge in [0.15, 0.2) is 5.82 Å². The third kappa shape index (κ3) is 3.92. The van der Waals surface area contributed by atoms with E-state index < -0.39 is 16.1 Å². The number of nitrogens with one attached hydrogen (secondary N) is 1. The lowest BCUT2D eigenvalue weighted by atomic mass is 10.1. The van der Waals surface area contributed by atoms with Gasteiger partial charge in [0.2, 0.25) is 10.0 Å². The lowest BCUT2D eigenvalue weighted by Gasteiger charge is -2.14. The number of nitrogen functional groups attached to an aromatic ring is 1. The third-order valence-electron chi connectivity index (χ3n) is 2.83. The maximum absolute atomic E-state index is 12.1. The first-order valence-electron chi connectivity index (χ1n) is 6.12. The standard InChI is InChI=1S/C11H22N4O3S/c1-7(2)5-9(16)6-13-19(17,18)10-8(3)15(4)14-11(10)12/h7,9,13,16H,5-6H2,1-4H3,(H2,12,14). The summed E-state index contributed by atoms with van der Waals surface area (Å²) in [5.74, 6) is 0.260. The molecule has 0 fully saturated rings. The minimum absolute atomic E-state index is 0.0215. The fraction of sp³-hybridized carbons (Fsp3) is 0.727. The molecule has 110 valence electrons. The van der Waals surface area contributed by atoms with Crippen molar-refractivity contribution in [2.45, 2.75) is 38.2 Å². The Hall–Kier alpha value is -1.12. The highest BCUT2D eigenvalue weighted by atomic mass is 32.2. The molecule has 0 bridgehead atoms. The lowest BCUT2D eigenvalue weighted by Crippen LogP contribution is -2.33. The molecule has 1 aromatic rings. The molecule has 0 aliphatic carbocycles. The number of hydrogen-bond donors (Lipinski definition) is 3. The molecule has 1 heterocycles. The summed E-state index contributed by atoms with van der Waals surface area (Å²) in [4.78, 5) is -0.0215. The Morgan fingerprint density at radius 1 is 1.47 bits per heavy atom. The largest absolute Gasteiger partial charge is 0.392 e. The smallest absolute Gasteiger partial charge is 0.246 e. The molecule has 0 saturated heterocycles. The van der Waals surface area contributed by atoms with Gasteiger partial charge in [-0.15, -0.1) is 0 Å². The minimum Gasteiger partial charge on any atom is -0.392 e. The first kappa shape index (κ1) is 15.9. The van der Waals surface area contributed by atoms with E-state index in [0.717, 1.165) is 0 Å². The molecule has 1 atom stereocenters. The molecule has 0 spiro atoms. The Labute approximate surface area is 113 Å². The number of anilines is 1. The molecule has 8 heteroatoms. The fourth-order valence-corrected chi connectivity index (χ4v) is 3.25. The summed E-state index contributed by atoms with van der Waals surface area (Å²) in [7, 11) is -2.13. The van der Waals surface area contributed by atoms with Gasteiger partial charge in [-0.2, -0.15) is 5.10 Å². The third-order valence-corrected chi connectivity index (χ3v) is 4.41. The quantitative estimate of drug-likeness (QED) is 0.683. The van der Waals surface area contributed by atoms with Gasteiger partial charge in [-0.1, -0.05) is 13.8 Å². The summed E-state index contributed by atoms with van der Waals surface area (Å²) >= 11 is 0. The normalized spacial score (nSPS) is 14.0. The van der Waals surface area contributed by atoms with E-state index in [1.165, 1.54) is 4.68 Å². The number of rotatable bonds is 6. The molecule has 0 amide bonds. The topological polar surface area (TPSA) is 110 Å². The number of aliphatic hydroxyl groups is 1. The molecule has 0 aliphatic rings. The summed E-state index contributed by atoms with van der Waals surface area (Å²) in [6.45, 7) is 5.51. The maximum atomic E-state index is 12.1. The zero-order valence-corrected chi connectivity index (χ0v) is 12.5. The number of hydrogen-bond acceptors (Lipinski definition) is 5. The van der Waals surface area contributed by atoms with Crippen molar-refractivity contribution in [2.24, 2.45) is 13.0 Å². The lowest BCUT2D eigenvalue weighted by molar-refractivity contribution is 0.152. The van der Waals surface area contributed by atoms with Gasteiger partial charge in [0, 0.05) is 13.6 Å². The second-order valence-corrected chi connectivity index (χ2v) is 6.76. The summed E-state index contributed by atoms with van der Waals surface area (Å²) in [5.41, 5.74) is 6.06. The van der Waals surface area contributed by atoms with Crippen molar-refractivity contribution in [3.63, 3.8) is 0 Å². The molecular formula is C11H22N4O3S. The highest BCUT2D eigenvalue weighted by Gasteiger charge is 2.25. The van der Waals surface area contributed by atoms with E-state index in [4.69, 9.17) is 5.73 Å². The maximum Gasteiger partial charge on any atom is 0.246 e. The number of nitrogens with zero attached hydrogens (tertiary/aromatic N) is 2. The Bertz CT molecular complexity index is 536. The Morgan fingerprint density at radius 2 is 2.05 bits per heavy atom. The van der Waals surface area contributed by atoms with Crippen molar-refractivity contribution in [1.29, 1.82) is 0 Å². The molecule has 1 aromatic heterocycles. The van der Waals surface area contributed by atoms with Crippen LogP contribution in [0.4, 0.5) is 5.82 Å². The predicted molar refractivity (Wildman–Crippen MR) is 73.0 cm³/mol. The van der Waals surface area contributed by atoms with Crippen LogP contribution in [0.1, 0.15) is 26.0 Å². The molecule has 4 N–H and O–H groups in total. The number of sulfonamides is 1. The van der Waals surface area contributed by atoms with Crippen molar-refractivity contribution in [3.8, 4) is 0 Å². The van der Waals surface area contributed by atoms with Crippen molar-refractivity contribution < 1.29 is 13.5 Å². The van der Waals surface area contributed by atoms with Gasteiger partial charge in [-0.05, 0) is 19.3 Å². The first-order valence-corrected chi connectivity index (χ1v) is 7.60. The van der Waals surface area contributed by atoms with Crippen molar-refractivity contribution in [1.82, 2.24) is 14.5 Å². The molecule has 0 aromatic carbocycles. The van der Waals surface area contributed by atoms with Gasteiger partial charge < -0.3 is 10.8 Å². The van der Waals surface area contributed by atoms with Gasteiger partial charge in [-0.25, -0.2) is 13.1 Å². The molecule has 1 rings (SSSR count). The highest BCUT2D eigenvalue weighted by molar-refractivity contribution is 7.89. The second kappa shape index (κ2) is 5.89. The zero-order chi connectivity index (χ0) is 14.8. The van der Waals surface area contributed by atoms with E-state index in [2.05, 4.69) is 9.82 Å². The van der Waals surface area contributed by atoms with E-state index in [0.29, 0.717) is 18.0 Å². The van der Waals surface area contributed by atoms with Crippen LogP contribution in [0.15, 0.2) is 4.90 Å². The predicted octanol–water partition coefficient (Wildman–Crippen LogP) is -0.00398. The molecule has 1 unspecified atom stereocenters. The minimum atomic E-state index is -3.75. The molecule has 19 heavy (non-hydrogen) atoms. The van der Waals surface area contributed by atoms with Gasteiger partial charge in [0.25, 0.3) is 0 Å². The van der Waals surface area contributed by atoms with Crippen LogP contribution in [0.25, 0.3) is 0 Å². The SMILES string of the molecule is Cc1c(S(=O)(=O)NCC(O)CC(C)C)c(N)nn1C. The summed E-state index contributed by atoms with van der Waals surface area (Å²) in [6, 6.07) is 0. The van der Waals surface area contributed by atoms with E-state index in [1.54, 1.807) is 14.0 Å². The van der Waals surface area contributed by atoms with Crippen molar-refractivity contribution >= 4 is 15.8 Å². The van der Waals surface area contributed by atoms with Crippen LogP contribution in [0.3, 0.4) is 0 Å². The van der Waals surface area contributed by atoms with E-state index in [1.807, 2.05) is 13.8 Å². The number of aliphatic hydroxyl groups excluding tert-OH is 1. The summed E-state index contributed by atoms with van der Waals surface area (Å²) in [5, 5.41) is 13.6. The van der Waals surface area contributed by atoms with E-state index in [-0.39, 0.29) is 17.3 Å². The van der Waals surface area contributed by atoms with E-state index >= 15 is 0 Å². The molecule has 0 radical (unpaired) electrons. The summed E-state index contributed by atoms with van der Waals surface area (Å²) < 4.78 is 28.0. The first-order chi connectivity index (χ1) is 8.65. The highest BCUT2D eigenvalue weighted by Crippen LogP contribution is 2.20. The average Bonchev–Trinajstić information content (AvgIpc) is 2.50. The summed E-state index contributed by atoms with van der Waals surface area (Å²) in [6.07, 6.45) is -0.183. The average molecular weight is 290 g/mol. The van der Waals surface area contributed by atoms with Gasteiger partial charge in [0.05, 0.1) is 11.8 Å². The Balaban J connectivity index is 2.82. The molecule has 0 saturated carbocycles. The molecule has 0 aliphatic heterocycles. The number of aryl methyl sites for hydroxylation is 1. The Kier molecular flexibility index (Phi) is 4.94. The van der Waals surface area contributed by atoms with Gasteiger partial charge >= 0.3 is 0 Å². The van der Waals surface area contributed by atoms with Crippen LogP contribution >= 0.6 is 0 Å². The van der Waals surface area contributed by atoms with Gasteiger partial charge in [-0.3, -0.25) is 4.68 Å². The number of aromatic nitrogens is 2.